The van der Waals surface area contributed by atoms with Crippen molar-refractivity contribution in [3.05, 3.63) is 81.9 Å². The van der Waals surface area contributed by atoms with Crippen LogP contribution in [0, 0.1) is 6.92 Å². The van der Waals surface area contributed by atoms with Gasteiger partial charge in [0.05, 0.1) is 25.5 Å². The number of morpholine rings is 1. The average molecular weight is 449 g/mol. The maximum Gasteiger partial charge on any atom is 0.258 e. The van der Waals surface area contributed by atoms with E-state index in [1.54, 1.807) is 22.2 Å². The molecule has 0 unspecified atom stereocenters. The number of fused-ring (bicyclic) bond motifs is 1. The van der Waals surface area contributed by atoms with Crippen molar-refractivity contribution in [1.29, 1.82) is 0 Å². The first-order valence-electron chi connectivity index (χ1n) is 10.6. The second-order valence-corrected chi connectivity index (χ2v) is 8.71. The summed E-state index contributed by atoms with van der Waals surface area (Å²) in [6, 6.07) is 15.7. The van der Waals surface area contributed by atoms with E-state index in [0.717, 1.165) is 35.5 Å². The van der Waals surface area contributed by atoms with Gasteiger partial charge < -0.3 is 9.64 Å². The van der Waals surface area contributed by atoms with Gasteiger partial charge in [0, 0.05) is 31.1 Å². The number of nitrogens with zero attached hydrogens (tertiary/aromatic N) is 6. The van der Waals surface area contributed by atoms with Crippen molar-refractivity contribution in [2.24, 2.45) is 0 Å². The molecule has 1 aliphatic heterocycles. The Morgan fingerprint density at radius 3 is 2.69 bits per heavy atom. The smallest absolute Gasteiger partial charge is 0.258 e. The van der Waals surface area contributed by atoms with Crippen molar-refractivity contribution in [2.45, 2.75) is 24.4 Å². The standard InChI is InChI=1S/C23H24N6O2S/c1-17-7-8-20-24-19(13-21(30)28(20)14-17)16-32-23-26-25-22(27-9-11-31-12-10-27)29(23)15-18-5-3-2-4-6-18/h2-8,13-14H,9-12,15-16H2,1H3. The Kier molecular flexibility index (Phi) is 5.91. The second-order valence-electron chi connectivity index (χ2n) is 7.76. The zero-order valence-electron chi connectivity index (χ0n) is 17.8. The van der Waals surface area contributed by atoms with Crippen molar-refractivity contribution >= 4 is 23.4 Å². The summed E-state index contributed by atoms with van der Waals surface area (Å²) in [5.74, 6) is 1.39. The number of aryl methyl sites for hydroxylation is 1. The molecule has 32 heavy (non-hydrogen) atoms. The first-order valence-corrected chi connectivity index (χ1v) is 11.6. The van der Waals surface area contributed by atoms with Gasteiger partial charge in [0.1, 0.15) is 5.65 Å². The van der Waals surface area contributed by atoms with Crippen LogP contribution >= 0.6 is 11.8 Å². The first kappa shape index (κ1) is 20.7. The highest BCUT2D eigenvalue weighted by Gasteiger charge is 2.21. The summed E-state index contributed by atoms with van der Waals surface area (Å²) in [5, 5.41) is 9.79. The lowest BCUT2D eigenvalue weighted by molar-refractivity contribution is 0.121. The summed E-state index contributed by atoms with van der Waals surface area (Å²) in [5.41, 5.74) is 3.51. The minimum absolute atomic E-state index is 0.0749. The van der Waals surface area contributed by atoms with Crippen LogP contribution < -0.4 is 10.5 Å². The topological polar surface area (TPSA) is 77.5 Å². The van der Waals surface area contributed by atoms with Gasteiger partial charge in [-0.2, -0.15) is 0 Å². The first-order chi connectivity index (χ1) is 15.7. The Balaban J connectivity index is 1.43. The molecule has 1 fully saturated rings. The Labute approximate surface area is 189 Å². The molecule has 1 aromatic carbocycles. The summed E-state index contributed by atoms with van der Waals surface area (Å²) < 4.78 is 9.22. The molecule has 0 spiro atoms. The molecule has 0 amide bonds. The second kappa shape index (κ2) is 9.13. The summed E-state index contributed by atoms with van der Waals surface area (Å²) >= 11 is 1.55. The van der Waals surface area contributed by atoms with Crippen LogP contribution in [0.5, 0.6) is 0 Å². The minimum atomic E-state index is -0.0749. The number of benzene rings is 1. The van der Waals surface area contributed by atoms with Crippen LogP contribution in [-0.4, -0.2) is 50.5 Å². The van der Waals surface area contributed by atoms with Gasteiger partial charge in [0.15, 0.2) is 5.16 Å². The van der Waals surface area contributed by atoms with E-state index in [2.05, 4.69) is 36.8 Å². The van der Waals surface area contributed by atoms with Gasteiger partial charge in [-0.15, -0.1) is 10.2 Å². The summed E-state index contributed by atoms with van der Waals surface area (Å²) in [6.45, 7) is 5.59. The van der Waals surface area contributed by atoms with Crippen LogP contribution in [0.3, 0.4) is 0 Å². The molecule has 9 heteroatoms. The van der Waals surface area contributed by atoms with E-state index in [0.29, 0.717) is 31.2 Å². The highest BCUT2D eigenvalue weighted by molar-refractivity contribution is 7.98. The van der Waals surface area contributed by atoms with Crippen LogP contribution in [0.1, 0.15) is 16.8 Å². The van der Waals surface area contributed by atoms with Crippen LogP contribution in [0.2, 0.25) is 0 Å². The molecule has 8 nitrogen and oxygen atoms in total. The van der Waals surface area contributed by atoms with Gasteiger partial charge in [0.2, 0.25) is 5.95 Å². The summed E-state index contributed by atoms with van der Waals surface area (Å²) in [6.07, 6.45) is 1.81. The van der Waals surface area contributed by atoms with Gasteiger partial charge in [-0.1, -0.05) is 48.2 Å². The van der Waals surface area contributed by atoms with E-state index in [-0.39, 0.29) is 5.56 Å². The van der Waals surface area contributed by atoms with E-state index in [4.69, 9.17) is 4.74 Å². The maximum absolute atomic E-state index is 12.5. The van der Waals surface area contributed by atoms with E-state index < -0.39 is 0 Å². The summed E-state index contributed by atoms with van der Waals surface area (Å²) in [4.78, 5) is 19.4. The summed E-state index contributed by atoms with van der Waals surface area (Å²) in [7, 11) is 0. The van der Waals surface area contributed by atoms with Crippen LogP contribution in [0.25, 0.3) is 5.65 Å². The Morgan fingerprint density at radius 2 is 1.88 bits per heavy atom. The van der Waals surface area contributed by atoms with Gasteiger partial charge in [-0.05, 0) is 24.1 Å². The number of ether oxygens (including phenoxy) is 1. The highest BCUT2D eigenvalue weighted by Crippen LogP contribution is 2.26. The van der Waals surface area contributed by atoms with E-state index in [1.807, 2.05) is 43.5 Å². The molecule has 5 rings (SSSR count). The zero-order valence-corrected chi connectivity index (χ0v) is 18.7. The molecule has 1 aliphatic rings. The molecule has 0 saturated carbocycles. The third-order valence-corrected chi connectivity index (χ3v) is 6.38. The SMILES string of the molecule is Cc1ccc2nc(CSc3nnc(N4CCOCC4)n3Cc3ccccc3)cc(=O)n2c1. The normalized spacial score (nSPS) is 14.2. The van der Waals surface area contributed by atoms with Gasteiger partial charge >= 0.3 is 0 Å². The van der Waals surface area contributed by atoms with E-state index in [9.17, 15) is 4.79 Å². The van der Waals surface area contributed by atoms with Crippen LogP contribution in [0.4, 0.5) is 5.95 Å². The number of aromatic nitrogens is 5. The Morgan fingerprint density at radius 1 is 1.06 bits per heavy atom. The van der Waals surface area contributed by atoms with E-state index >= 15 is 0 Å². The van der Waals surface area contributed by atoms with Crippen LogP contribution in [0.15, 0.2) is 64.7 Å². The number of thioether (sulfide) groups is 1. The molecule has 0 aliphatic carbocycles. The van der Waals surface area contributed by atoms with Crippen molar-refractivity contribution in [2.75, 3.05) is 31.2 Å². The lowest BCUT2D eigenvalue weighted by Crippen LogP contribution is -2.38. The Bertz CT molecular complexity index is 1280. The molecule has 0 N–H and O–H groups in total. The third-order valence-electron chi connectivity index (χ3n) is 5.38. The van der Waals surface area contributed by atoms with Gasteiger partial charge in [-0.25, -0.2) is 4.98 Å². The van der Waals surface area contributed by atoms with Crippen molar-refractivity contribution in [1.82, 2.24) is 24.1 Å². The Hall–Kier alpha value is -3.17. The van der Waals surface area contributed by atoms with E-state index in [1.165, 1.54) is 5.56 Å². The largest absolute Gasteiger partial charge is 0.378 e. The maximum atomic E-state index is 12.5. The van der Waals surface area contributed by atoms with Crippen molar-refractivity contribution in [3.8, 4) is 0 Å². The molecule has 1 saturated heterocycles. The third kappa shape index (κ3) is 4.39. The number of anilines is 1. The molecule has 0 atom stereocenters. The predicted octanol–water partition coefficient (Wildman–Crippen LogP) is 2.77. The number of pyridine rings is 1. The molecular formula is C23H24N6O2S. The zero-order chi connectivity index (χ0) is 21.9. The minimum Gasteiger partial charge on any atom is -0.378 e. The van der Waals surface area contributed by atoms with Crippen LogP contribution in [-0.2, 0) is 17.0 Å². The molecular weight excluding hydrogens is 424 g/mol. The lowest BCUT2D eigenvalue weighted by atomic mass is 10.2. The molecule has 4 aromatic rings. The number of hydrogen-bond acceptors (Lipinski definition) is 7. The van der Waals surface area contributed by atoms with Gasteiger partial charge in [-0.3, -0.25) is 13.8 Å². The number of rotatable bonds is 6. The molecule has 164 valence electrons. The fraction of sp³-hybridized carbons (Fsp3) is 0.304. The molecule has 0 radical (unpaired) electrons. The fourth-order valence-corrected chi connectivity index (χ4v) is 4.59. The fourth-order valence-electron chi connectivity index (χ4n) is 3.76. The lowest BCUT2D eigenvalue weighted by Gasteiger charge is -2.28. The highest BCUT2D eigenvalue weighted by atomic mass is 32.2. The molecule has 0 bridgehead atoms. The molecule has 3 aromatic heterocycles. The molecule has 4 heterocycles. The van der Waals surface area contributed by atoms with Gasteiger partial charge in [0.25, 0.3) is 5.56 Å². The average Bonchev–Trinajstić information content (AvgIpc) is 3.22. The monoisotopic (exact) mass is 448 g/mol. The van der Waals surface area contributed by atoms with Crippen molar-refractivity contribution in [3.63, 3.8) is 0 Å². The van der Waals surface area contributed by atoms with Crippen molar-refractivity contribution < 1.29 is 4.74 Å². The quantitative estimate of drug-likeness (QED) is 0.420. The number of hydrogen-bond donors (Lipinski definition) is 0. The predicted molar refractivity (Wildman–Crippen MR) is 124 cm³/mol.